The lowest BCUT2D eigenvalue weighted by molar-refractivity contribution is -0.0204. The largest absolute Gasteiger partial charge is 0.325 e. The van der Waals surface area contributed by atoms with E-state index in [9.17, 15) is 8.78 Å². The second-order valence-electron chi connectivity index (χ2n) is 4.56. The minimum atomic E-state index is -2.64. The number of halogens is 2. The maximum Gasteiger partial charge on any atom is 0.260 e. The molecule has 1 nitrogen and oxygen atoms in total. The van der Waals surface area contributed by atoms with Crippen molar-refractivity contribution in [2.45, 2.75) is 51.4 Å². The molecule has 0 radical (unpaired) electrons. The van der Waals surface area contributed by atoms with Crippen LogP contribution in [0.2, 0.25) is 0 Å². The Bertz CT molecular complexity index is 163. The Morgan fingerprint density at radius 3 is 2.07 bits per heavy atom. The molecule has 84 valence electrons. The topological polar surface area (TPSA) is 26.0 Å². The molecule has 0 aromatic heterocycles. The Hall–Kier alpha value is -0.180. The molecule has 0 heterocycles. The van der Waals surface area contributed by atoms with E-state index in [2.05, 4.69) is 6.92 Å². The molecule has 0 bridgehead atoms. The number of rotatable bonds is 4. The Morgan fingerprint density at radius 2 is 1.64 bits per heavy atom. The molecule has 1 saturated carbocycles. The van der Waals surface area contributed by atoms with Crippen molar-refractivity contribution in [3.05, 3.63) is 0 Å². The highest BCUT2D eigenvalue weighted by Crippen LogP contribution is 2.36. The van der Waals surface area contributed by atoms with Gasteiger partial charge < -0.3 is 5.73 Å². The first kappa shape index (κ1) is 11.9. The second-order valence-corrected chi connectivity index (χ2v) is 4.56. The van der Waals surface area contributed by atoms with Gasteiger partial charge in [0.25, 0.3) is 5.92 Å². The zero-order valence-corrected chi connectivity index (χ0v) is 8.94. The van der Waals surface area contributed by atoms with Crippen LogP contribution in [0.1, 0.15) is 45.4 Å². The summed E-state index contributed by atoms with van der Waals surface area (Å²) < 4.78 is 26.0. The Balaban J connectivity index is 2.28. The molecule has 0 spiro atoms. The molecule has 14 heavy (non-hydrogen) atoms. The lowest BCUT2D eigenvalue weighted by atomic mass is 9.78. The second kappa shape index (κ2) is 5.06. The lowest BCUT2D eigenvalue weighted by Gasteiger charge is -2.29. The number of hydrogen-bond acceptors (Lipinski definition) is 1. The van der Waals surface area contributed by atoms with Gasteiger partial charge in [0.15, 0.2) is 0 Å². The van der Waals surface area contributed by atoms with Crippen molar-refractivity contribution in [3.63, 3.8) is 0 Å². The molecule has 0 amide bonds. The van der Waals surface area contributed by atoms with Crippen molar-refractivity contribution in [1.82, 2.24) is 0 Å². The molecule has 1 rings (SSSR count). The maximum absolute atomic E-state index is 13.0. The van der Waals surface area contributed by atoms with Gasteiger partial charge in [0.05, 0.1) is 6.54 Å². The molecule has 0 aromatic carbocycles. The summed E-state index contributed by atoms with van der Waals surface area (Å²) in [7, 11) is 0. The normalized spacial score (nSPS) is 29.1. The minimum absolute atomic E-state index is 0.0000652. The van der Waals surface area contributed by atoms with Crippen LogP contribution in [0.3, 0.4) is 0 Å². The zero-order valence-electron chi connectivity index (χ0n) is 8.94. The highest BCUT2D eigenvalue weighted by molar-refractivity contribution is 4.78. The van der Waals surface area contributed by atoms with Gasteiger partial charge in [-0.3, -0.25) is 0 Å². The van der Waals surface area contributed by atoms with Crippen LogP contribution in [0.5, 0.6) is 0 Å². The highest BCUT2D eigenvalue weighted by Gasteiger charge is 2.32. The van der Waals surface area contributed by atoms with Gasteiger partial charge in [0.1, 0.15) is 0 Å². The molecule has 0 aliphatic heterocycles. The molecule has 1 aliphatic carbocycles. The molecule has 1 aliphatic rings. The van der Waals surface area contributed by atoms with Crippen LogP contribution in [0, 0.1) is 11.8 Å². The van der Waals surface area contributed by atoms with Crippen LogP contribution in [0.15, 0.2) is 0 Å². The van der Waals surface area contributed by atoms with Crippen molar-refractivity contribution >= 4 is 0 Å². The molecular formula is C11H21F2N. The molecule has 0 atom stereocenters. The van der Waals surface area contributed by atoms with E-state index in [1.807, 2.05) is 0 Å². The SMILES string of the molecule is CCC1CCC(CC(F)(F)CN)CC1. The van der Waals surface area contributed by atoms with Gasteiger partial charge >= 0.3 is 0 Å². The summed E-state index contributed by atoms with van der Waals surface area (Å²) in [5.41, 5.74) is 5.03. The van der Waals surface area contributed by atoms with E-state index in [0.29, 0.717) is 0 Å². The molecule has 0 aromatic rings. The Labute approximate surface area is 85.1 Å². The third kappa shape index (κ3) is 3.52. The Morgan fingerprint density at radius 1 is 1.14 bits per heavy atom. The maximum atomic E-state index is 13.0. The summed E-state index contributed by atoms with van der Waals surface area (Å²) in [6, 6.07) is 0. The number of nitrogens with two attached hydrogens (primary N) is 1. The van der Waals surface area contributed by atoms with Gasteiger partial charge in [0, 0.05) is 6.42 Å². The van der Waals surface area contributed by atoms with E-state index < -0.39 is 12.5 Å². The molecular weight excluding hydrogens is 184 g/mol. The fourth-order valence-electron chi connectivity index (χ4n) is 2.35. The van der Waals surface area contributed by atoms with Gasteiger partial charge in [-0.25, -0.2) is 8.78 Å². The van der Waals surface area contributed by atoms with E-state index in [-0.39, 0.29) is 12.3 Å². The quantitative estimate of drug-likeness (QED) is 0.749. The summed E-state index contributed by atoms with van der Waals surface area (Å²) in [6.45, 7) is 1.68. The van der Waals surface area contributed by atoms with Gasteiger partial charge in [0.2, 0.25) is 0 Å². The average Bonchev–Trinajstić information content (AvgIpc) is 2.19. The van der Waals surface area contributed by atoms with Crippen LogP contribution in [-0.4, -0.2) is 12.5 Å². The van der Waals surface area contributed by atoms with Crippen molar-refractivity contribution in [1.29, 1.82) is 0 Å². The van der Waals surface area contributed by atoms with Crippen molar-refractivity contribution in [3.8, 4) is 0 Å². The van der Waals surface area contributed by atoms with E-state index >= 15 is 0 Å². The van der Waals surface area contributed by atoms with Crippen molar-refractivity contribution in [2.24, 2.45) is 17.6 Å². The summed E-state index contributed by atoms with van der Waals surface area (Å²) in [5, 5.41) is 0. The zero-order chi connectivity index (χ0) is 10.6. The van der Waals surface area contributed by atoms with Crippen LogP contribution in [-0.2, 0) is 0 Å². The van der Waals surface area contributed by atoms with Crippen LogP contribution in [0.4, 0.5) is 8.78 Å². The predicted octanol–water partition coefficient (Wildman–Crippen LogP) is 3.19. The van der Waals surface area contributed by atoms with E-state index in [0.717, 1.165) is 31.6 Å². The first-order valence-electron chi connectivity index (χ1n) is 5.65. The van der Waals surface area contributed by atoms with Crippen LogP contribution in [0.25, 0.3) is 0 Å². The average molecular weight is 205 g/mol. The molecule has 1 fully saturated rings. The molecule has 3 heteroatoms. The first-order chi connectivity index (χ1) is 6.57. The molecule has 0 saturated heterocycles. The monoisotopic (exact) mass is 205 g/mol. The number of hydrogen-bond donors (Lipinski definition) is 1. The third-order valence-electron chi connectivity index (χ3n) is 3.43. The smallest absolute Gasteiger partial charge is 0.260 e. The van der Waals surface area contributed by atoms with Crippen LogP contribution < -0.4 is 5.73 Å². The summed E-state index contributed by atoms with van der Waals surface area (Å²) in [5.74, 6) is -1.65. The summed E-state index contributed by atoms with van der Waals surface area (Å²) >= 11 is 0. The fraction of sp³-hybridized carbons (Fsp3) is 1.00. The Kier molecular flexibility index (Phi) is 4.30. The van der Waals surface area contributed by atoms with Crippen molar-refractivity contribution in [2.75, 3.05) is 6.54 Å². The third-order valence-corrected chi connectivity index (χ3v) is 3.43. The van der Waals surface area contributed by atoms with Gasteiger partial charge in [-0.1, -0.05) is 26.2 Å². The number of alkyl halides is 2. The minimum Gasteiger partial charge on any atom is -0.325 e. The fourth-order valence-corrected chi connectivity index (χ4v) is 2.35. The molecule has 2 N–H and O–H groups in total. The lowest BCUT2D eigenvalue weighted by Crippen LogP contribution is -2.31. The van der Waals surface area contributed by atoms with Gasteiger partial charge in [-0.05, 0) is 24.7 Å². The van der Waals surface area contributed by atoms with Crippen molar-refractivity contribution < 1.29 is 8.78 Å². The van der Waals surface area contributed by atoms with Gasteiger partial charge in [-0.2, -0.15) is 0 Å². The predicted molar refractivity (Wildman–Crippen MR) is 54.4 cm³/mol. The van der Waals surface area contributed by atoms with E-state index in [1.165, 1.54) is 6.42 Å². The highest BCUT2D eigenvalue weighted by atomic mass is 19.3. The van der Waals surface area contributed by atoms with Gasteiger partial charge in [-0.15, -0.1) is 0 Å². The first-order valence-corrected chi connectivity index (χ1v) is 5.65. The van der Waals surface area contributed by atoms with E-state index in [4.69, 9.17) is 5.73 Å². The van der Waals surface area contributed by atoms with E-state index in [1.54, 1.807) is 0 Å². The summed E-state index contributed by atoms with van der Waals surface area (Å²) in [4.78, 5) is 0. The summed E-state index contributed by atoms with van der Waals surface area (Å²) in [6.07, 6.45) is 5.38. The van der Waals surface area contributed by atoms with Crippen LogP contribution >= 0.6 is 0 Å². The molecule has 0 unspecified atom stereocenters. The standard InChI is InChI=1S/C11H21F2N/c1-2-9-3-5-10(6-4-9)7-11(12,13)8-14/h9-10H,2-8,14H2,1H3.